The maximum absolute atomic E-state index is 9.19. The molecule has 1 saturated carbocycles. The molecule has 1 unspecified atom stereocenters. The van der Waals surface area contributed by atoms with Crippen molar-refractivity contribution < 1.29 is 9.84 Å². The van der Waals surface area contributed by atoms with Gasteiger partial charge in [0.1, 0.15) is 0 Å². The highest BCUT2D eigenvalue weighted by Gasteiger charge is 2.34. The molecule has 1 aliphatic carbocycles. The number of hydrogen-bond acceptors (Lipinski definition) is 3. The van der Waals surface area contributed by atoms with Gasteiger partial charge in [0, 0.05) is 31.2 Å². The first-order valence-corrected chi connectivity index (χ1v) is 7.27. The van der Waals surface area contributed by atoms with E-state index in [0.717, 1.165) is 32.6 Å². The number of aliphatic hydroxyl groups is 1. The summed E-state index contributed by atoms with van der Waals surface area (Å²) in [5, 5.41) is 12.9. The molecule has 3 nitrogen and oxygen atoms in total. The first-order chi connectivity index (χ1) is 8.35. The Morgan fingerprint density at radius 2 is 1.94 bits per heavy atom. The van der Waals surface area contributed by atoms with Crippen LogP contribution in [0.3, 0.4) is 0 Å². The largest absolute Gasteiger partial charge is 0.396 e. The highest BCUT2D eigenvalue weighted by molar-refractivity contribution is 4.86. The van der Waals surface area contributed by atoms with E-state index in [9.17, 15) is 5.11 Å². The Bertz CT molecular complexity index is 206. The summed E-state index contributed by atoms with van der Waals surface area (Å²) in [6.45, 7) is 3.01. The van der Waals surface area contributed by atoms with Crippen LogP contribution in [0, 0.1) is 5.41 Å². The molecule has 2 aliphatic rings. The molecule has 0 bridgehead atoms. The maximum Gasteiger partial charge on any atom is 0.0536 e. The lowest BCUT2D eigenvalue weighted by Gasteiger charge is -2.29. The van der Waals surface area contributed by atoms with Crippen LogP contribution in [0.4, 0.5) is 0 Å². The van der Waals surface area contributed by atoms with Crippen molar-refractivity contribution in [2.45, 2.75) is 57.4 Å². The van der Waals surface area contributed by atoms with Crippen molar-refractivity contribution in [2.24, 2.45) is 5.41 Å². The van der Waals surface area contributed by atoms with E-state index in [1.165, 1.54) is 38.5 Å². The van der Waals surface area contributed by atoms with E-state index in [4.69, 9.17) is 4.74 Å². The highest BCUT2D eigenvalue weighted by Crippen LogP contribution is 2.32. The lowest BCUT2D eigenvalue weighted by molar-refractivity contribution is 0.121. The van der Waals surface area contributed by atoms with Crippen molar-refractivity contribution in [1.82, 2.24) is 5.32 Å². The lowest BCUT2D eigenvalue weighted by Crippen LogP contribution is -2.40. The summed E-state index contributed by atoms with van der Waals surface area (Å²) in [5.74, 6) is 0. The van der Waals surface area contributed by atoms with E-state index in [-0.39, 0.29) is 12.0 Å². The molecule has 2 N–H and O–H groups in total. The summed E-state index contributed by atoms with van der Waals surface area (Å²) in [7, 11) is 0. The molecule has 0 amide bonds. The van der Waals surface area contributed by atoms with Crippen LogP contribution >= 0.6 is 0 Å². The normalized spacial score (nSPS) is 31.6. The molecule has 0 spiro atoms. The fourth-order valence-electron chi connectivity index (χ4n) is 3.16. The number of aliphatic hydroxyl groups excluding tert-OH is 1. The molecular formula is C14H27NO2. The third-order valence-electron chi connectivity index (χ3n) is 4.45. The van der Waals surface area contributed by atoms with Gasteiger partial charge < -0.3 is 15.2 Å². The molecule has 2 rings (SSSR count). The molecule has 3 heteroatoms. The number of rotatable bonds is 5. The summed E-state index contributed by atoms with van der Waals surface area (Å²) >= 11 is 0. The summed E-state index contributed by atoms with van der Waals surface area (Å²) in [4.78, 5) is 0. The molecular weight excluding hydrogens is 214 g/mol. The van der Waals surface area contributed by atoms with E-state index >= 15 is 0 Å². The molecule has 2 fully saturated rings. The van der Waals surface area contributed by atoms with Crippen molar-refractivity contribution in [3.63, 3.8) is 0 Å². The van der Waals surface area contributed by atoms with Gasteiger partial charge in [0.2, 0.25) is 0 Å². The van der Waals surface area contributed by atoms with Crippen molar-refractivity contribution in [3.8, 4) is 0 Å². The van der Waals surface area contributed by atoms with Crippen molar-refractivity contribution in [2.75, 3.05) is 26.4 Å². The van der Waals surface area contributed by atoms with E-state index in [1.54, 1.807) is 0 Å². The van der Waals surface area contributed by atoms with Crippen LogP contribution in [0.2, 0.25) is 0 Å². The topological polar surface area (TPSA) is 41.5 Å². The Labute approximate surface area is 105 Å². The van der Waals surface area contributed by atoms with Crippen LogP contribution in [0.25, 0.3) is 0 Å². The monoisotopic (exact) mass is 241 g/mol. The molecule has 1 saturated heterocycles. The molecule has 1 heterocycles. The lowest BCUT2D eigenvalue weighted by atomic mass is 9.83. The SMILES string of the molecule is OCCC1(CNC2CCCCCC2)CCOC1. The van der Waals surface area contributed by atoms with Crippen molar-refractivity contribution in [1.29, 1.82) is 0 Å². The number of hydrogen-bond donors (Lipinski definition) is 2. The second kappa shape index (κ2) is 6.72. The zero-order valence-electron chi connectivity index (χ0n) is 10.9. The molecule has 17 heavy (non-hydrogen) atoms. The zero-order chi connectivity index (χ0) is 12.0. The average molecular weight is 241 g/mol. The summed E-state index contributed by atoms with van der Waals surface area (Å²) < 4.78 is 5.53. The Hall–Kier alpha value is -0.120. The standard InChI is InChI=1S/C14H27NO2/c16-9-7-14(8-10-17-12-14)11-15-13-5-3-1-2-4-6-13/h13,15-16H,1-12H2. The molecule has 1 aliphatic heterocycles. The molecule has 0 aromatic heterocycles. The van der Waals surface area contributed by atoms with Crippen LogP contribution in [0.15, 0.2) is 0 Å². The fourth-order valence-corrected chi connectivity index (χ4v) is 3.16. The third kappa shape index (κ3) is 3.94. The van der Waals surface area contributed by atoms with Crippen molar-refractivity contribution in [3.05, 3.63) is 0 Å². The van der Waals surface area contributed by atoms with Gasteiger partial charge in [0.25, 0.3) is 0 Å². The highest BCUT2D eigenvalue weighted by atomic mass is 16.5. The van der Waals surface area contributed by atoms with Crippen LogP contribution in [0.1, 0.15) is 51.4 Å². The first kappa shape index (κ1) is 13.3. The second-order valence-electron chi connectivity index (χ2n) is 5.85. The van der Waals surface area contributed by atoms with Gasteiger partial charge in [-0.15, -0.1) is 0 Å². The van der Waals surface area contributed by atoms with Gasteiger partial charge in [0.05, 0.1) is 6.61 Å². The predicted molar refractivity (Wildman–Crippen MR) is 69.1 cm³/mol. The number of ether oxygens (including phenoxy) is 1. The van der Waals surface area contributed by atoms with Gasteiger partial charge in [-0.05, 0) is 25.7 Å². The second-order valence-corrected chi connectivity index (χ2v) is 5.85. The Balaban J connectivity index is 1.77. The van der Waals surface area contributed by atoms with Crippen LogP contribution in [-0.4, -0.2) is 37.5 Å². The van der Waals surface area contributed by atoms with Crippen molar-refractivity contribution >= 4 is 0 Å². The maximum atomic E-state index is 9.19. The summed E-state index contributed by atoms with van der Waals surface area (Å²) in [6, 6.07) is 0.702. The van der Waals surface area contributed by atoms with E-state index in [0.29, 0.717) is 6.04 Å². The van der Waals surface area contributed by atoms with E-state index in [2.05, 4.69) is 5.32 Å². The Morgan fingerprint density at radius 1 is 1.18 bits per heavy atom. The molecule has 0 aromatic carbocycles. The van der Waals surface area contributed by atoms with Gasteiger partial charge >= 0.3 is 0 Å². The zero-order valence-corrected chi connectivity index (χ0v) is 10.9. The van der Waals surface area contributed by atoms with Gasteiger partial charge in [-0.2, -0.15) is 0 Å². The molecule has 1 atom stereocenters. The number of nitrogens with one attached hydrogen (secondary N) is 1. The smallest absolute Gasteiger partial charge is 0.0536 e. The quantitative estimate of drug-likeness (QED) is 0.724. The average Bonchev–Trinajstić information content (AvgIpc) is 2.64. The fraction of sp³-hybridized carbons (Fsp3) is 1.00. The van der Waals surface area contributed by atoms with Gasteiger partial charge in [-0.1, -0.05) is 25.7 Å². The summed E-state index contributed by atoms with van der Waals surface area (Å²) in [6.07, 6.45) is 10.2. The van der Waals surface area contributed by atoms with E-state index < -0.39 is 0 Å². The molecule has 0 radical (unpaired) electrons. The van der Waals surface area contributed by atoms with Crippen LogP contribution < -0.4 is 5.32 Å². The van der Waals surface area contributed by atoms with Gasteiger partial charge in [0.15, 0.2) is 0 Å². The minimum Gasteiger partial charge on any atom is -0.396 e. The Kier molecular flexibility index (Phi) is 5.26. The van der Waals surface area contributed by atoms with Gasteiger partial charge in [-0.25, -0.2) is 0 Å². The van der Waals surface area contributed by atoms with Crippen LogP contribution in [-0.2, 0) is 4.74 Å². The molecule has 0 aromatic rings. The molecule has 100 valence electrons. The van der Waals surface area contributed by atoms with Crippen LogP contribution in [0.5, 0.6) is 0 Å². The third-order valence-corrected chi connectivity index (χ3v) is 4.45. The minimum absolute atomic E-state index is 0.209. The predicted octanol–water partition coefficient (Wildman–Crippen LogP) is 2.09. The summed E-state index contributed by atoms with van der Waals surface area (Å²) in [5.41, 5.74) is 0.209. The minimum atomic E-state index is 0.209. The van der Waals surface area contributed by atoms with Gasteiger partial charge in [-0.3, -0.25) is 0 Å². The first-order valence-electron chi connectivity index (χ1n) is 7.27. The Morgan fingerprint density at radius 3 is 2.53 bits per heavy atom. The van der Waals surface area contributed by atoms with E-state index in [1.807, 2.05) is 0 Å².